The van der Waals surface area contributed by atoms with Crippen LogP contribution in [0.5, 0.6) is 28.7 Å². The summed E-state index contributed by atoms with van der Waals surface area (Å²) in [4.78, 5) is 15.0. The number of hydrogen-bond acceptors (Lipinski definition) is 6. The Bertz CT molecular complexity index is 899. The van der Waals surface area contributed by atoms with E-state index < -0.39 is 6.10 Å². The first-order valence-electron chi connectivity index (χ1n) is 9.69. The van der Waals surface area contributed by atoms with Crippen molar-refractivity contribution in [3.8, 4) is 28.7 Å². The summed E-state index contributed by atoms with van der Waals surface area (Å²) in [5.41, 5.74) is 1.03. The van der Waals surface area contributed by atoms with E-state index in [4.69, 9.17) is 23.7 Å². The second-order valence-electron chi connectivity index (χ2n) is 7.08. The summed E-state index contributed by atoms with van der Waals surface area (Å²) in [6, 6.07) is 11.1. The van der Waals surface area contributed by atoms with Crippen LogP contribution in [0.3, 0.4) is 0 Å². The molecule has 2 aromatic rings. The molecule has 4 rings (SSSR count). The van der Waals surface area contributed by atoms with Gasteiger partial charge in [0.1, 0.15) is 5.75 Å². The van der Waals surface area contributed by atoms with Gasteiger partial charge in [-0.05, 0) is 49.6 Å². The Morgan fingerprint density at radius 1 is 1.07 bits per heavy atom. The van der Waals surface area contributed by atoms with Gasteiger partial charge in [-0.15, -0.1) is 0 Å². The molecule has 2 aromatic carbocycles. The summed E-state index contributed by atoms with van der Waals surface area (Å²) in [7, 11) is 3.22. The zero-order valence-electron chi connectivity index (χ0n) is 16.8. The molecule has 0 radical (unpaired) electrons. The van der Waals surface area contributed by atoms with E-state index in [1.165, 1.54) is 0 Å². The molecule has 0 unspecified atom stereocenters. The maximum atomic E-state index is 13.1. The molecule has 154 valence electrons. The lowest BCUT2D eigenvalue weighted by Gasteiger charge is -2.28. The highest BCUT2D eigenvalue weighted by Crippen LogP contribution is 2.38. The van der Waals surface area contributed by atoms with E-state index in [0.717, 1.165) is 18.4 Å². The van der Waals surface area contributed by atoms with Crippen LogP contribution in [0.15, 0.2) is 36.4 Å². The molecule has 2 aliphatic rings. The number of carbonyl (C=O) groups is 1. The van der Waals surface area contributed by atoms with Gasteiger partial charge in [0, 0.05) is 12.6 Å². The molecule has 7 heteroatoms. The first-order valence-corrected chi connectivity index (χ1v) is 9.69. The first kappa shape index (κ1) is 19.2. The van der Waals surface area contributed by atoms with Crippen LogP contribution in [-0.4, -0.2) is 44.5 Å². The number of carbonyl (C=O) groups excluding carboxylic acids is 1. The highest BCUT2D eigenvalue weighted by Gasteiger charge is 2.34. The predicted octanol–water partition coefficient (Wildman–Crippen LogP) is 3.56. The SMILES string of the molecule is COc1ccc([C@@H]2CCCN2C(=O)[C@H](C)Oc2ccc3c(c2)OCO3)cc1OC. The maximum absolute atomic E-state index is 13.1. The molecule has 0 aromatic heterocycles. The van der Waals surface area contributed by atoms with Crippen molar-refractivity contribution in [2.24, 2.45) is 0 Å². The van der Waals surface area contributed by atoms with Crippen LogP contribution in [0.2, 0.25) is 0 Å². The Morgan fingerprint density at radius 3 is 2.66 bits per heavy atom. The highest BCUT2D eigenvalue weighted by atomic mass is 16.7. The van der Waals surface area contributed by atoms with Gasteiger partial charge in [-0.1, -0.05) is 6.07 Å². The van der Waals surface area contributed by atoms with E-state index in [1.807, 2.05) is 23.1 Å². The lowest BCUT2D eigenvalue weighted by Crippen LogP contribution is -2.40. The maximum Gasteiger partial charge on any atom is 0.263 e. The average Bonchev–Trinajstić information content (AvgIpc) is 3.41. The molecule has 7 nitrogen and oxygen atoms in total. The van der Waals surface area contributed by atoms with E-state index in [-0.39, 0.29) is 18.7 Å². The lowest BCUT2D eigenvalue weighted by molar-refractivity contribution is -0.138. The number of likely N-dealkylation sites (tertiary alicyclic amines) is 1. The summed E-state index contributed by atoms with van der Waals surface area (Å²) < 4.78 is 27.3. The Kier molecular flexibility index (Phi) is 5.38. The van der Waals surface area contributed by atoms with Crippen molar-refractivity contribution in [3.63, 3.8) is 0 Å². The Morgan fingerprint density at radius 2 is 1.86 bits per heavy atom. The van der Waals surface area contributed by atoms with Crippen LogP contribution in [0.1, 0.15) is 31.4 Å². The zero-order valence-corrected chi connectivity index (χ0v) is 16.8. The van der Waals surface area contributed by atoms with Gasteiger partial charge in [0.05, 0.1) is 20.3 Å². The predicted molar refractivity (Wildman–Crippen MR) is 106 cm³/mol. The average molecular weight is 399 g/mol. The van der Waals surface area contributed by atoms with Gasteiger partial charge in [0.2, 0.25) is 6.79 Å². The normalized spacial score (nSPS) is 18.4. The van der Waals surface area contributed by atoms with Crippen molar-refractivity contribution in [3.05, 3.63) is 42.0 Å². The molecular formula is C22H25NO6. The smallest absolute Gasteiger partial charge is 0.263 e. The third-order valence-corrected chi connectivity index (χ3v) is 5.33. The summed E-state index contributed by atoms with van der Waals surface area (Å²) >= 11 is 0. The quantitative estimate of drug-likeness (QED) is 0.740. The largest absolute Gasteiger partial charge is 0.493 e. The van der Waals surface area contributed by atoms with E-state index in [1.54, 1.807) is 39.3 Å². The Hall–Kier alpha value is -3.09. The zero-order chi connectivity index (χ0) is 20.4. The molecule has 0 aliphatic carbocycles. The van der Waals surface area contributed by atoms with E-state index in [9.17, 15) is 4.79 Å². The van der Waals surface area contributed by atoms with Gasteiger partial charge in [0.15, 0.2) is 29.1 Å². The number of benzene rings is 2. The van der Waals surface area contributed by atoms with Crippen LogP contribution >= 0.6 is 0 Å². The van der Waals surface area contributed by atoms with Crippen LogP contribution < -0.4 is 23.7 Å². The van der Waals surface area contributed by atoms with Crippen molar-refractivity contribution >= 4 is 5.91 Å². The Balaban J connectivity index is 1.48. The monoisotopic (exact) mass is 399 g/mol. The topological polar surface area (TPSA) is 66.5 Å². The van der Waals surface area contributed by atoms with Gasteiger partial charge < -0.3 is 28.6 Å². The molecule has 1 fully saturated rings. The van der Waals surface area contributed by atoms with Gasteiger partial charge in [-0.3, -0.25) is 4.79 Å². The van der Waals surface area contributed by atoms with Crippen molar-refractivity contribution < 1.29 is 28.5 Å². The van der Waals surface area contributed by atoms with Crippen molar-refractivity contribution in [1.82, 2.24) is 4.90 Å². The summed E-state index contributed by atoms with van der Waals surface area (Å²) in [5.74, 6) is 3.19. The first-order chi connectivity index (χ1) is 14.1. The minimum absolute atomic E-state index is 0.00916. The Labute approximate surface area is 170 Å². The third-order valence-electron chi connectivity index (χ3n) is 5.33. The number of fused-ring (bicyclic) bond motifs is 1. The van der Waals surface area contributed by atoms with Crippen molar-refractivity contribution in [2.45, 2.75) is 31.9 Å². The van der Waals surface area contributed by atoms with Gasteiger partial charge in [-0.25, -0.2) is 0 Å². The second-order valence-corrected chi connectivity index (χ2v) is 7.08. The summed E-state index contributed by atoms with van der Waals surface area (Å²) in [6.07, 6.45) is 1.23. The molecule has 2 atom stereocenters. The van der Waals surface area contributed by atoms with Crippen molar-refractivity contribution in [2.75, 3.05) is 27.6 Å². The van der Waals surface area contributed by atoms with Gasteiger partial charge in [-0.2, -0.15) is 0 Å². The van der Waals surface area contributed by atoms with Crippen LogP contribution in [0, 0.1) is 0 Å². The fraction of sp³-hybridized carbons (Fsp3) is 0.409. The number of methoxy groups -OCH3 is 2. The third kappa shape index (κ3) is 3.77. The number of hydrogen-bond donors (Lipinski definition) is 0. The fourth-order valence-corrected chi connectivity index (χ4v) is 3.88. The molecule has 2 aliphatic heterocycles. The molecule has 1 saturated heterocycles. The van der Waals surface area contributed by atoms with E-state index in [0.29, 0.717) is 35.3 Å². The fourth-order valence-electron chi connectivity index (χ4n) is 3.88. The van der Waals surface area contributed by atoms with Crippen LogP contribution in [0.4, 0.5) is 0 Å². The summed E-state index contributed by atoms with van der Waals surface area (Å²) in [6.45, 7) is 2.68. The molecule has 0 spiro atoms. The number of rotatable bonds is 6. The molecule has 0 N–H and O–H groups in total. The van der Waals surface area contributed by atoms with E-state index >= 15 is 0 Å². The molecule has 29 heavy (non-hydrogen) atoms. The highest BCUT2D eigenvalue weighted by molar-refractivity contribution is 5.81. The molecule has 0 saturated carbocycles. The molecule has 2 heterocycles. The van der Waals surface area contributed by atoms with E-state index in [2.05, 4.69) is 0 Å². The van der Waals surface area contributed by atoms with Gasteiger partial charge >= 0.3 is 0 Å². The van der Waals surface area contributed by atoms with Crippen molar-refractivity contribution in [1.29, 1.82) is 0 Å². The molecular weight excluding hydrogens is 374 g/mol. The summed E-state index contributed by atoms with van der Waals surface area (Å²) in [5, 5.41) is 0. The molecule has 0 bridgehead atoms. The lowest BCUT2D eigenvalue weighted by atomic mass is 10.0. The van der Waals surface area contributed by atoms with Crippen LogP contribution in [0.25, 0.3) is 0 Å². The minimum atomic E-state index is -0.615. The standard InChI is InChI=1S/C22H25NO6/c1-14(29-16-7-9-19-21(12-16)28-13-27-19)22(24)23-10-4-5-17(23)15-6-8-18(25-2)20(11-15)26-3/h6-9,11-12,14,17H,4-5,10,13H2,1-3H3/t14-,17-/m0/s1. The minimum Gasteiger partial charge on any atom is -0.493 e. The number of ether oxygens (including phenoxy) is 5. The van der Waals surface area contributed by atoms with Gasteiger partial charge in [0.25, 0.3) is 5.91 Å². The second kappa shape index (κ2) is 8.11. The molecule has 1 amide bonds. The van der Waals surface area contributed by atoms with Crippen LogP contribution in [-0.2, 0) is 4.79 Å². The number of amides is 1. The number of nitrogens with zero attached hydrogens (tertiary/aromatic N) is 1.